The van der Waals surface area contributed by atoms with Crippen molar-refractivity contribution in [1.82, 2.24) is 14.5 Å². The number of hydrogen-bond donors (Lipinski definition) is 2. The Labute approximate surface area is 216 Å². The number of benzene rings is 2. The first-order chi connectivity index (χ1) is 17.7. The van der Waals surface area contributed by atoms with Crippen molar-refractivity contribution in [2.75, 3.05) is 20.8 Å². The Bertz CT molecular complexity index is 1450. The van der Waals surface area contributed by atoms with Crippen LogP contribution >= 0.6 is 0 Å². The number of primary amides is 1. The molecule has 0 saturated carbocycles. The van der Waals surface area contributed by atoms with E-state index in [2.05, 4.69) is 24.4 Å². The van der Waals surface area contributed by atoms with Gasteiger partial charge in [-0.15, -0.1) is 0 Å². The number of nitrogens with zero attached hydrogens (tertiary/aromatic N) is 3. The van der Waals surface area contributed by atoms with E-state index in [1.165, 1.54) is 5.56 Å². The van der Waals surface area contributed by atoms with Gasteiger partial charge in [-0.3, -0.25) is 9.13 Å². The molecule has 0 fully saturated rings. The molecule has 9 nitrogen and oxygen atoms in total. The van der Waals surface area contributed by atoms with Gasteiger partial charge in [-0.25, -0.2) is 14.6 Å². The van der Waals surface area contributed by atoms with E-state index < -0.39 is 6.03 Å². The average molecular weight is 506 g/mol. The fourth-order valence-electron chi connectivity index (χ4n) is 5.04. The van der Waals surface area contributed by atoms with Crippen molar-refractivity contribution >= 4 is 11.7 Å². The number of aromatic nitrogens is 2. The number of carbonyl (C=O) groups is 1. The summed E-state index contributed by atoms with van der Waals surface area (Å²) in [7, 11) is 3.23. The van der Waals surface area contributed by atoms with Gasteiger partial charge in [0, 0.05) is 31.3 Å². The number of nitrogens with two attached hydrogens (primary N) is 1. The Morgan fingerprint density at radius 3 is 2.35 bits per heavy atom. The number of methoxy groups -OCH3 is 2. The van der Waals surface area contributed by atoms with Gasteiger partial charge in [0.05, 0.1) is 25.6 Å². The van der Waals surface area contributed by atoms with Gasteiger partial charge in [-0.05, 0) is 68.9 Å². The van der Waals surface area contributed by atoms with Crippen LogP contribution < -0.4 is 31.7 Å². The van der Waals surface area contributed by atoms with E-state index in [0.717, 1.165) is 33.6 Å². The van der Waals surface area contributed by atoms with E-state index in [1.807, 2.05) is 36.6 Å². The molecule has 0 radical (unpaired) electrons. The fourth-order valence-corrected chi connectivity index (χ4v) is 5.04. The van der Waals surface area contributed by atoms with E-state index in [4.69, 9.17) is 20.2 Å². The highest BCUT2D eigenvalue weighted by atomic mass is 16.5. The van der Waals surface area contributed by atoms with Gasteiger partial charge < -0.3 is 20.5 Å². The van der Waals surface area contributed by atoms with Crippen LogP contribution in [0.3, 0.4) is 0 Å². The van der Waals surface area contributed by atoms with Crippen LogP contribution in [0.4, 0.5) is 10.5 Å². The number of fused-ring (bicyclic) bond motifs is 3. The molecule has 0 bridgehead atoms. The number of urea groups is 1. The first kappa shape index (κ1) is 26.1. The Hall–Kier alpha value is -4.01. The van der Waals surface area contributed by atoms with Crippen molar-refractivity contribution in [2.45, 2.75) is 53.1 Å². The van der Waals surface area contributed by atoms with E-state index in [-0.39, 0.29) is 5.69 Å². The molecule has 9 heteroatoms. The Kier molecular flexibility index (Phi) is 7.71. The second-order valence-corrected chi connectivity index (χ2v) is 9.45. The highest BCUT2D eigenvalue weighted by molar-refractivity contribution is 5.71. The molecule has 0 saturated heterocycles. The standard InChI is InChI=1S/C28H35N5O4/c1-17-12-18(2)26(19(3)13-17)31-25-16-22-21-15-24(37-5)23(36-4)14-20(21)8-11-32(22)28(35)33(25)10-7-6-9-30-27(29)34/h12-16H,6-11H2,1-5H3,(H3,29,30,34)/b31-25+. The molecule has 196 valence electrons. The molecule has 1 aromatic heterocycles. The van der Waals surface area contributed by atoms with Crippen LogP contribution in [0, 0.1) is 20.8 Å². The van der Waals surface area contributed by atoms with Gasteiger partial charge >= 0.3 is 11.7 Å². The van der Waals surface area contributed by atoms with Crippen LogP contribution in [0.15, 0.2) is 40.1 Å². The predicted molar refractivity (Wildman–Crippen MR) is 144 cm³/mol. The molecular weight excluding hydrogens is 470 g/mol. The zero-order valence-electron chi connectivity index (χ0n) is 22.2. The van der Waals surface area contributed by atoms with Gasteiger partial charge in [-0.1, -0.05) is 17.7 Å². The minimum absolute atomic E-state index is 0.109. The van der Waals surface area contributed by atoms with E-state index >= 15 is 0 Å². The molecule has 3 N–H and O–H groups in total. The number of hydrogen-bond acceptors (Lipinski definition) is 5. The zero-order valence-corrected chi connectivity index (χ0v) is 22.2. The van der Waals surface area contributed by atoms with Crippen molar-refractivity contribution in [2.24, 2.45) is 10.7 Å². The summed E-state index contributed by atoms with van der Waals surface area (Å²) in [5, 5.41) is 2.60. The molecule has 2 aromatic carbocycles. The summed E-state index contributed by atoms with van der Waals surface area (Å²) >= 11 is 0. The lowest BCUT2D eigenvalue weighted by atomic mass is 9.97. The highest BCUT2D eigenvalue weighted by Crippen LogP contribution is 2.37. The fraction of sp³-hybridized carbons (Fsp3) is 0.393. The molecule has 1 aliphatic rings. The topological polar surface area (TPSA) is 113 Å². The number of rotatable bonds is 8. The number of carbonyl (C=O) groups excluding carboxylic acids is 1. The third kappa shape index (κ3) is 5.40. The van der Waals surface area contributed by atoms with E-state index in [9.17, 15) is 9.59 Å². The van der Waals surface area contributed by atoms with Crippen LogP contribution in [0.2, 0.25) is 0 Å². The molecule has 0 atom stereocenters. The number of nitrogens with one attached hydrogen (secondary N) is 1. The van der Waals surface area contributed by atoms with E-state index in [1.54, 1.807) is 18.8 Å². The lowest BCUT2D eigenvalue weighted by molar-refractivity contribution is 0.248. The minimum Gasteiger partial charge on any atom is -0.493 e. The van der Waals surface area contributed by atoms with Crippen molar-refractivity contribution in [3.05, 3.63) is 68.6 Å². The summed E-state index contributed by atoms with van der Waals surface area (Å²) in [6.45, 7) is 7.63. The molecule has 0 spiro atoms. The summed E-state index contributed by atoms with van der Waals surface area (Å²) < 4.78 is 14.6. The van der Waals surface area contributed by atoms with Crippen LogP contribution in [0.1, 0.15) is 35.1 Å². The van der Waals surface area contributed by atoms with Crippen molar-refractivity contribution in [3.63, 3.8) is 0 Å². The van der Waals surface area contributed by atoms with Crippen molar-refractivity contribution < 1.29 is 14.3 Å². The normalized spacial score (nSPS) is 12.6. The Balaban J connectivity index is 1.89. The number of ether oxygens (including phenoxy) is 2. The largest absolute Gasteiger partial charge is 0.493 e. The van der Waals surface area contributed by atoms with Gasteiger partial charge in [0.1, 0.15) is 5.49 Å². The van der Waals surface area contributed by atoms with Crippen LogP contribution in [-0.2, 0) is 19.5 Å². The molecule has 2 heterocycles. The first-order valence-corrected chi connectivity index (χ1v) is 12.5. The lowest BCUT2D eigenvalue weighted by Gasteiger charge is -2.24. The van der Waals surface area contributed by atoms with Gasteiger partial charge in [0.15, 0.2) is 11.5 Å². The van der Waals surface area contributed by atoms with Gasteiger partial charge in [0.25, 0.3) is 0 Å². The summed E-state index contributed by atoms with van der Waals surface area (Å²) in [6.07, 6.45) is 2.09. The second kappa shape index (κ2) is 10.9. The molecule has 1 aliphatic heterocycles. The summed E-state index contributed by atoms with van der Waals surface area (Å²) in [5.41, 5.74) is 12.6. The Morgan fingerprint density at radius 2 is 1.70 bits per heavy atom. The molecular formula is C28H35N5O4. The van der Waals surface area contributed by atoms with Crippen LogP contribution in [-0.4, -0.2) is 35.9 Å². The highest BCUT2D eigenvalue weighted by Gasteiger charge is 2.22. The predicted octanol–water partition coefficient (Wildman–Crippen LogP) is 3.50. The number of aryl methyl sites for hydroxylation is 4. The molecule has 37 heavy (non-hydrogen) atoms. The first-order valence-electron chi connectivity index (χ1n) is 12.5. The summed E-state index contributed by atoms with van der Waals surface area (Å²) in [6, 6.07) is 9.57. The number of unbranched alkanes of at least 4 members (excludes halogenated alkanes) is 1. The quantitative estimate of drug-likeness (QED) is 0.456. The van der Waals surface area contributed by atoms with E-state index in [0.29, 0.717) is 55.9 Å². The third-order valence-electron chi connectivity index (χ3n) is 6.75. The SMILES string of the molecule is COc1cc2c(cc1OC)-c1c/c(=N\c3c(C)cc(C)cc3C)n(CCCCNC(N)=O)c(=O)n1CC2. The lowest BCUT2D eigenvalue weighted by Crippen LogP contribution is -2.42. The molecule has 0 unspecified atom stereocenters. The third-order valence-corrected chi connectivity index (χ3v) is 6.75. The summed E-state index contributed by atoms with van der Waals surface area (Å²) in [5.74, 6) is 1.29. The number of amides is 2. The zero-order chi connectivity index (χ0) is 26.7. The van der Waals surface area contributed by atoms with Gasteiger partial charge in [-0.2, -0.15) is 0 Å². The second-order valence-electron chi connectivity index (χ2n) is 9.45. The van der Waals surface area contributed by atoms with Crippen LogP contribution in [0.25, 0.3) is 11.3 Å². The van der Waals surface area contributed by atoms with Crippen molar-refractivity contribution in [3.8, 4) is 22.8 Å². The smallest absolute Gasteiger partial charge is 0.330 e. The maximum atomic E-state index is 13.8. The molecule has 3 aromatic rings. The maximum Gasteiger partial charge on any atom is 0.330 e. The average Bonchev–Trinajstić information content (AvgIpc) is 2.86. The van der Waals surface area contributed by atoms with Gasteiger partial charge in [0.2, 0.25) is 0 Å². The monoisotopic (exact) mass is 505 g/mol. The molecule has 4 rings (SSSR count). The summed E-state index contributed by atoms with van der Waals surface area (Å²) in [4.78, 5) is 29.9. The maximum absolute atomic E-state index is 13.8. The molecule has 0 aliphatic carbocycles. The van der Waals surface area contributed by atoms with Crippen molar-refractivity contribution in [1.29, 1.82) is 0 Å². The van der Waals surface area contributed by atoms with Crippen LogP contribution in [0.5, 0.6) is 11.5 Å². The minimum atomic E-state index is -0.548. The molecule has 2 amide bonds. The Morgan fingerprint density at radius 1 is 1.03 bits per heavy atom.